The van der Waals surface area contributed by atoms with Gasteiger partial charge in [0, 0.05) is 51.6 Å². The van der Waals surface area contributed by atoms with Crippen molar-refractivity contribution >= 4 is 21.8 Å². The van der Waals surface area contributed by atoms with Gasteiger partial charge in [0.1, 0.15) is 0 Å². The minimum atomic E-state index is -3.56. The number of piperidine rings is 1. The van der Waals surface area contributed by atoms with Gasteiger partial charge >= 0.3 is 0 Å². The molecular weight excluding hydrogens is 402 g/mol. The first-order chi connectivity index (χ1) is 14.1. The minimum absolute atomic E-state index is 0.0105. The standard InChI is InChI=1S/C22H31N3O4S/c1-4-23-12-11-22(20(23)27)16-24(18(3)26)15-21(22)9-13-25(14-10-21)30(28,29)19-7-5-17(2)6-8-19/h5-8H,4,9-16H2,1-3H3/t22-/m0/s1. The van der Waals surface area contributed by atoms with E-state index in [0.717, 1.165) is 12.0 Å². The van der Waals surface area contributed by atoms with Crippen molar-refractivity contribution in [1.29, 1.82) is 0 Å². The first-order valence-corrected chi connectivity index (χ1v) is 12.2. The lowest BCUT2D eigenvalue weighted by molar-refractivity contribution is -0.141. The Hall–Kier alpha value is -1.93. The molecule has 3 saturated heterocycles. The van der Waals surface area contributed by atoms with E-state index in [9.17, 15) is 18.0 Å². The van der Waals surface area contributed by atoms with Crippen LogP contribution in [0.1, 0.15) is 38.7 Å². The Morgan fingerprint density at radius 2 is 1.67 bits per heavy atom. The largest absolute Gasteiger partial charge is 0.342 e. The first-order valence-electron chi connectivity index (χ1n) is 10.8. The summed E-state index contributed by atoms with van der Waals surface area (Å²) in [6, 6.07) is 6.93. The first kappa shape index (κ1) is 21.3. The van der Waals surface area contributed by atoms with Gasteiger partial charge in [-0.25, -0.2) is 8.42 Å². The van der Waals surface area contributed by atoms with Crippen molar-refractivity contribution in [3.63, 3.8) is 0 Å². The highest BCUT2D eigenvalue weighted by atomic mass is 32.2. The van der Waals surface area contributed by atoms with Gasteiger partial charge in [0.05, 0.1) is 10.3 Å². The number of benzene rings is 1. The number of likely N-dealkylation sites (tertiary alicyclic amines) is 2. The molecule has 0 radical (unpaired) electrons. The van der Waals surface area contributed by atoms with Crippen molar-refractivity contribution in [2.24, 2.45) is 10.8 Å². The number of carbonyl (C=O) groups excluding carboxylic acids is 2. The van der Waals surface area contributed by atoms with E-state index in [1.165, 1.54) is 0 Å². The third-order valence-electron chi connectivity index (χ3n) is 7.64. The fourth-order valence-electron chi connectivity index (χ4n) is 5.72. The number of rotatable bonds is 3. The number of amides is 2. The van der Waals surface area contributed by atoms with E-state index >= 15 is 0 Å². The van der Waals surface area contributed by atoms with Crippen LogP contribution >= 0.6 is 0 Å². The summed E-state index contributed by atoms with van der Waals surface area (Å²) in [4.78, 5) is 29.6. The Bertz CT molecular complexity index is 951. The second-order valence-corrected chi connectivity index (χ2v) is 11.0. The summed E-state index contributed by atoms with van der Waals surface area (Å²) < 4.78 is 27.8. The summed E-state index contributed by atoms with van der Waals surface area (Å²) in [5, 5.41) is 0. The van der Waals surface area contributed by atoms with Gasteiger partial charge in [-0.15, -0.1) is 0 Å². The van der Waals surface area contributed by atoms with Crippen LogP contribution in [-0.2, 0) is 19.6 Å². The van der Waals surface area contributed by atoms with Gasteiger partial charge in [0.25, 0.3) is 0 Å². The van der Waals surface area contributed by atoms with Crippen molar-refractivity contribution in [2.45, 2.75) is 44.9 Å². The third kappa shape index (κ3) is 3.07. The van der Waals surface area contributed by atoms with Gasteiger partial charge in [-0.2, -0.15) is 4.31 Å². The molecule has 1 atom stereocenters. The Kier molecular flexibility index (Phi) is 5.21. The summed E-state index contributed by atoms with van der Waals surface area (Å²) >= 11 is 0. The fraction of sp³-hybridized carbons (Fsp3) is 0.636. The van der Waals surface area contributed by atoms with Crippen molar-refractivity contribution in [1.82, 2.24) is 14.1 Å². The van der Waals surface area contributed by atoms with Crippen LogP contribution in [0, 0.1) is 17.8 Å². The minimum Gasteiger partial charge on any atom is -0.342 e. The Morgan fingerprint density at radius 1 is 1.03 bits per heavy atom. The highest BCUT2D eigenvalue weighted by molar-refractivity contribution is 7.89. The maximum Gasteiger partial charge on any atom is 0.243 e. The molecule has 2 spiro atoms. The molecule has 2 amide bonds. The number of fused-ring (bicyclic) bond motifs is 1. The number of hydrogen-bond acceptors (Lipinski definition) is 4. The predicted molar refractivity (Wildman–Crippen MR) is 113 cm³/mol. The number of aryl methyl sites for hydroxylation is 1. The van der Waals surface area contributed by atoms with E-state index in [1.54, 1.807) is 28.3 Å². The van der Waals surface area contributed by atoms with Gasteiger partial charge in [0.2, 0.25) is 21.8 Å². The molecule has 1 aromatic carbocycles. The molecule has 3 fully saturated rings. The molecular formula is C22H31N3O4S. The maximum absolute atomic E-state index is 13.4. The smallest absolute Gasteiger partial charge is 0.243 e. The normalized spacial score (nSPS) is 26.8. The third-order valence-corrected chi connectivity index (χ3v) is 9.55. The van der Waals surface area contributed by atoms with Crippen LogP contribution in [0.25, 0.3) is 0 Å². The summed E-state index contributed by atoms with van der Waals surface area (Å²) in [7, 11) is -3.56. The Labute approximate surface area is 179 Å². The van der Waals surface area contributed by atoms with E-state index in [0.29, 0.717) is 57.0 Å². The molecule has 30 heavy (non-hydrogen) atoms. The second-order valence-electron chi connectivity index (χ2n) is 9.09. The summed E-state index contributed by atoms with van der Waals surface area (Å²) in [5.74, 6) is 0.132. The van der Waals surface area contributed by atoms with Gasteiger partial charge in [-0.1, -0.05) is 17.7 Å². The highest BCUT2D eigenvalue weighted by Gasteiger charge is 2.65. The average Bonchev–Trinajstić information content (AvgIpc) is 3.21. The van der Waals surface area contributed by atoms with Gasteiger partial charge in [-0.3, -0.25) is 9.59 Å². The molecule has 0 N–H and O–H groups in total. The Balaban J connectivity index is 1.60. The monoisotopic (exact) mass is 433 g/mol. The van der Waals surface area contributed by atoms with Crippen LogP contribution in [0.15, 0.2) is 29.2 Å². The number of carbonyl (C=O) groups is 2. The van der Waals surface area contributed by atoms with Crippen LogP contribution < -0.4 is 0 Å². The molecule has 1 aromatic rings. The van der Waals surface area contributed by atoms with Crippen LogP contribution in [-0.4, -0.2) is 73.6 Å². The molecule has 8 heteroatoms. The van der Waals surface area contributed by atoms with Crippen molar-refractivity contribution in [3.8, 4) is 0 Å². The van der Waals surface area contributed by atoms with Crippen LogP contribution in [0.5, 0.6) is 0 Å². The van der Waals surface area contributed by atoms with E-state index in [-0.39, 0.29) is 17.2 Å². The van der Waals surface area contributed by atoms with Crippen LogP contribution in [0.4, 0.5) is 0 Å². The topological polar surface area (TPSA) is 78.0 Å². The van der Waals surface area contributed by atoms with E-state index in [1.807, 2.05) is 30.9 Å². The molecule has 3 heterocycles. The molecule has 0 aromatic heterocycles. The molecule has 0 unspecified atom stereocenters. The van der Waals surface area contributed by atoms with E-state index in [2.05, 4.69) is 0 Å². The molecule has 0 aliphatic carbocycles. The van der Waals surface area contributed by atoms with Crippen molar-refractivity contribution < 1.29 is 18.0 Å². The molecule has 3 aliphatic rings. The molecule has 164 valence electrons. The average molecular weight is 434 g/mol. The van der Waals surface area contributed by atoms with E-state index in [4.69, 9.17) is 0 Å². The summed E-state index contributed by atoms with van der Waals surface area (Å²) in [6.07, 6.45) is 1.95. The predicted octanol–water partition coefficient (Wildman–Crippen LogP) is 1.87. The maximum atomic E-state index is 13.4. The lowest BCUT2D eigenvalue weighted by atomic mass is 9.60. The number of hydrogen-bond donors (Lipinski definition) is 0. The zero-order valence-corrected chi connectivity index (χ0v) is 18.9. The SMILES string of the molecule is CCN1CC[C@]2(CN(C(C)=O)CC23CCN(S(=O)(=O)c2ccc(C)cc2)CC3)C1=O. The van der Waals surface area contributed by atoms with E-state index < -0.39 is 15.4 Å². The van der Waals surface area contributed by atoms with Gasteiger partial charge in [0.15, 0.2) is 0 Å². The molecule has 7 nitrogen and oxygen atoms in total. The highest BCUT2D eigenvalue weighted by Crippen LogP contribution is 2.58. The lowest BCUT2D eigenvalue weighted by Crippen LogP contribution is -2.53. The van der Waals surface area contributed by atoms with Crippen LogP contribution in [0.3, 0.4) is 0 Å². The summed E-state index contributed by atoms with van der Waals surface area (Å²) in [5.41, 5.74) is 0.0943. The number of nitrogens with zero attached hydrogens (tertiary/aromatic N) is 3. The molecule has 0 saturated carbocycles. The molecule has 0 bridgehead atoms. The zero-order valence-electron chi connectivity index (χ0n) is 18.1. The van der Waals surface area contributed by atoms with Crippen LogP contribution in [0.2, 0.25) is 0 Å². The van der Waals surface area contributed by atoms with Crippen molar-refractivity contribution in [3.05, 3.63) is 29.8 Å². The van der Waals surface area contributed by atoms with Crippen molar-refractivity contribution in [2.75, 3.05) is 39.3 Å². The second kappa shape index (κ2) is 7.34. The zero-order chi connectivity index (χ0) is 21.7. The Morgan fingerprint density at radius 3 is 2.20 bits per heavy atom. The summed E-state index contributed by atoms with van der Waals surface area (Å²) in [6.45, 7) is 8.62. The number of sulfonamides is 1. The quantitative estimate of drug-likeness (QED) is 0.729. The molecule has 3 aliphatic heterocycles. The lowest BCUT2D eigenvalue weighted by Gasteiger charge is -2.46. The van der Waals surface area contributed by atoms with Gasteiger partial charge < -0.3 is 9.80 Å². The van der Waals surface area contributed by atoms with Gasteiger partial charge in [-0.05, 0) is 45.2 Å². The molecule has 4 rings (SSSR count). The fourth-order valence-corrected chi connectivity index (χ4v) is 7.16.